The van der Waals surface area contributed by atoms with Gasteiger partial charge in [-0.15, -0.1) is 11.3 Å². The molecule has 2 aromatic carbocycles. The highest BCUT2D eigenvalue weighted by atomic mass is 32.1. The van der Waals surface area contributed by atoms with Crippen LogP contribution in [-0.2, 0) is 6.54 Å². The van der Waals surface area contributed by atoms with E-state index in [2.05, 4.69) is 37.5 Å². The third-order valence-electron chi connectivity index (χ3n) is 5.79. The smallest absolute Gasteiger partial charge is 0.272 e. The van der Waals surface area contributed by atoms with E-state index in [-0.39, 0.29) is 5.91 Å². The summed E-state index contributed by atoms with van der Waals surface area (Å²) in [5.74, 6) is 0.342. The molecule has 1 fully saturated rings. The third-order valence-corrected chi connectivity index (χ3v) is 6.82. The van der Waals surface area contributed by atoms with Crippen molar-refractivity contribution in [2.45, 2.75) is 19.4 Å². The number of H-pyrrole nitrogens is 1. The lowest BCUT2D eigenvalue weighted by atomic mass is 9.98. The molecule has 3 heterocycles. The van der Waals surface area contributed by atoms with Crippen LogP contribution in [0.15, 0.2) is 60.8 Å². The van der Waals surface area contributed by atoms with Crippen molar-refractivity contribution in [3.8, 4) is 10.6 Å². The second-order valence-electron chi connectivity index (χ2n) is 8.07. The van der Waals surface area contributed by atoms with Crippen molar-refractivity contribution >= 4 is 28.1 Å². The van der Waals surface area contributed by atoms with Crippen LogP contribution in [0.1, 0.15) is 28.2 Å². The van der Waals surface area contributed by atoms with Crippen LogP contribution in [0.3, 0.4) is 0 Å². The number of nitrogens with one attached hydrogen (secondary N) is 2. The van der Waals surface area contributed by atoms with Gasteiger partial charge in [0.05, 0.1) is 5.52 Å². The average molecular weight is 432 g/mol. The van der Waals surface area contributed by atoms with Gasteiger partial charge in [0.25, 0.3) is 5.91 Å². The molecular formula is C24H25N5OS. The van der Waals surface area contributed by atoms with Gasteiger partial charge in [0, 0.05) is 41.7 Å². The summed E-state index contributed by atoms with van der Waals surface area (Å²) in [5, 5.41) is 12.2. The number of aromatic nitrogens is 3. The predicted molar refractivity (Wildman–Crippen MR) is 124 cm³/mol. The summed E-state index contributed by atoms with van der Waals surface area (Å²) >= 11 is 1.76. The van der Waals surface area contributed by atoms with Crippen LogP contribution >= 0.6 is 11.3 Å². The van der Waals surface area contributed by atoms with E-state index in [9.17, 15) is 4.79 Å². The fraction of sp³-hybridized carbons (Fsp3) is 0.292. The van der Waals surface area contributed by atoms with Gasteiger partial charge in [0.1, 0.15) is 5.01 Å². The number of piperidine rings is 1. The van der Waals surface area contributed by atoms with E-state index in [1.54, 1.807) is 11.3 Å². The first kappa shape index (κ1) is 19.9. The average Bonchev–Trinajstić information content (AvgIpc) is 3.46. The molecule has 2 aromatic heterocycles. The molecule has 4 aromatic rings. The maximum Gasteiger partial charge on any atom is 0.272 e. The number of likely N-dealkylation sites (tertiary alicyclic amines) is 1. The van der Waals surface area contributed by atoms with Gasteiger partial charge in [-0.25, -0.2) is 4.98 Å². The van der Waals surface area contributed by atoms with Crippen LogP contribution in [-0.4, -0.2) is 45.6 Å². The Kier molecular flexibility index (Phi) is 5.78. The fourth-order valence-corrected chi connectivity index (χ4v) is 5.19. The molecule has 158 valence electrons. The number of carbonyl (C=O) groups excluding carboxylic acids is 1. The molecule has 5 rings (SSSR count). The van der Waals surface area contributed by atoms with Crippen molar-refractivity contribution in [2.75, 3.05) is 19.6 Å². The lowest BCUT2D eigenvalue weighted by molar-refractivity contribution is 0.0927. The van der Waals surface area contributed by atoms with E-state index in [1.165, 1.54) is 10.4 Å². The first-order valence-corrected chi connectivity index (χ1v) is 11.5. The maximum absolute atomic E-state index is 12.7. The van der Waals surface area contributed by atoms with Gasteiger partial charge < -0.3 is 5.32 Å². The Morgan fingerprint density at radius 3 is 2.90 bits per heavy atom. The zero-order valence-corrected chi connectivity index (χ0v) is 18.1. The molecular weight excluding hydrogens is 406 g/mol. The number of amides is 1. The number of para-hydroxylation sites is 1. The zero-order valence-electron chi connectivity index (χ0n) is 17.3. The van der Waals surface area contributed by atoms with Gasteiger partial charge in [-0.2, -0.15) is 5.10 Å². The van der Waals surface area contributed by atoms with Gasteiger partial charge in [-0.1, -0.05) is 48.5 Å². The van der Waals surface area contributed by atoms with Crippen molar-refractivity contribution in [3.63, 3.8) is 0 Å². The van der Waals surface area contributed by atoms with E-state index in [4.69, 9.17) is 0 Å². The largest absolute Gasteiger partial charge is 0.350 e. The minimum absolute atomic E-state index is 0.107. The van der Waals surface area contributed by atoms with Crippen LogP contribution in [0.4, 0.5) is 0 Å². The molecule has 0 radical (unpaired) electrons. The van der Waals surface area contributed by atoms with E-state index < -0.39 is 0 Å². The summed E-state index contributed by atoms with van der Waals surface area (Å²) in [6.45, 7) is 3.67. The summed E-state index contributed by atoms with van der Waals surface area (Å²) < 4.78 is 0. The summed E-state index contributed by atoms with van der Waals surface area (Å²) in [6.07, 6.45) is 4.29. The van der Waals surface area contributed by atoms with Gasteiger partial charge in [0.2, 0.25) is 0 Å². The summed E-state index contributed by atoms with van der Waals surface area (Å²) in [7, 11) is 0. The van der Waals surface area contributed by atoms with Crippen LogP contribution < -0.4 is 5.32 Å². The molecule has 0 unspecified atom stereocenters. The molecule has 0 bridgehead atoms. The number of hydrogen-bond acceptors (Lipinski definition) is 5. The second kappa shape index (κ2) is 8.99. The molecule has 1 aliphatic rings. The molecule has 6 nitrogen and oxygen atoms in total. The minimum Gasteiger partial charge on any atom is -0.350 e. The number of hydrogen-bond donors (Lipinski definition) is 2. The molecule has 1 atom stereocenters. The number of carbonyl (C=O) groups is 1. The van der Waals surface area contributed by atoms with Gasteiger partial charge in [-0.3, -0.25) is 14.8 Å². The lowest BCUT2D eigenvalue weighted by Gasteiger charge is -2.32. The summed E-state index contributed by atoms with van der Waals surface area (Å²) in [4.78, 5) is 21.0. The van der Waals surface area contributed by atoms with E-state index in [0.29, 0.717) is 18.2 Å². The first-order chi connectivity index (χ1) is 15.3. The van der Waals surface area contributed by atoms with Crippen molar-refractivity contribution in [1.82, 2.24) is 25.4 Å². The molecule has 0 aliphatic carbocycles. The van der Waals surface area contributed by atoms with Crippen molar-refractivity contribution < 1.29 is 4.79 Å². The predicted octanol–water partition coefficient (Wildman–Crippen LogP) is 4.33. The molecule has 2 N–H and O–H groups in total. The third kappa shape index (κ3) is 4.52. The number of thiazole rings is 1. The Balaban J connectivity index is 1.16. The Morgan fingerprint density at radius 2 is 2.00 bits per heavy atom. The summed E-state index contributed by atoms with van der Waals surface area (Å²) in [5.41, 5.74) is 2.53. The lowest BCUT2D eigenvalue weighted by Crippen LogP contribution is -2.40. The van der Waals surface area contributed by atoms with Crippen LogP contribution in [0.5, 0.6) is 0 Å². The second-order valence-corrected chi connectivity index (χ2v) is 9.18. The highest BCUT2D eigenvalue weighted by Gasteiger charge is 2.22. The monoisotopic (exact) mass is 431 g/mol. The Morgan fingerprint density at radius 1 is 1.16 bits per heavy atom. The van der Waals surface area contributed by atoms with Crippen LogP contribution in [0.25, 0.3) is 21.5 Å². The normalized spacial score (nSPS) is 17.1. The standard InChI is InChI=1S/C24H25N5OS/c30-23(22-20-10-4-5-11-21(20)27-28-22)25-13-17-7-6-12-29(15-17)16-19-14-26-24(31-19)18-8-2-1-3-9-18/h1-5,8-11,14,17H,6-7,12-13,15-16H2,(H,25,30)(H,27,28)/t17-/m0/s1. The molecule has 31 heavy (non-hydrogen) atoms. The van der Waals surface area contributed by atoms with E-state index >= 15 is 0 Å². The molecule has 7 heteroatoms. The van der Waals surface area contributed by atoms with Crippen molar-refractivity contribution in [3.05, 3.63) is 71.4 Å². The number of nitrogens with zero attached hydrogens (tertiary/aromatic N) is 3. The Hall–Kier alpha value is -3.03. The zero-order chi connectivity index (χ0) is 21.0. The topological polar surface area (TPSA) is 73.9 Å². The summed E-state index contributed by atoms with van der Waals surface area (Å²) in [6, 6.07) is 18.0. The number of rotatable bonds is 6. The van der Waals surface area contributed by atoms with Gasteiger partial charge in [-0.05, 0) is 31.4 Å². The van der Waals surface area contributed by atoms with Gasteiger partial charge in [0.15, 0.2) is 5.69 Å². The van der Waals surface area contributed by atoms with Crippen LogP contribution in [0.2, 0.25) is 0 Å². The first-order valence-electron chi connectivity index (χ1n) is 10.7. The highest BCUT2D eigenvalue weighted by molar-refractivity contribution is 7.15. The molecule has 1 amide bonds. The number of aromatic amines is 1. The molecule has 1 saturated heterocycles. The fourth-order valence-electron chi connectivity index (χ4n) is 4.23. The Bertz CT molecular complexity index is 1170. The maximum atomic E-state index is 12.7. The highest BCUT2D eigenvalue weighted by Crippen LogP contribution is 2.27. The minimum atomic E-state index is -0.107. The van der Waals surface area contributed by atoms with E-state index in [1.807, 2.05) is 48.7 Å². The molecule has 1 aliphatic heterocycles. The molecule has 0 spiro atoms. The van der Waals surface area contributed by atoms with Crippen molar-refractivity contribution in [2.24, 2.45) is 5.92 Å². The number of fused-ring (bicyclic) bond motifs is 1. The molecule has 0 saturated carbocycles. The SMILES string of the molecule is O=C(NC[C@@H]1CCCN(Cc2cnc(-c3ccccc3)s2)C1)c1n[nH]c2ccccc12. The van der Waals surface area contributed by atoms with Gasteiger partial charge >= 0.3 is 0 Å². The van der Waals surface area contributed by atoms with Crippen molar-refractivity contribution in [1.29, 1.82) is 0 Å². The number of benzene rings is 2. The van der Waals surface area contributed by atoms with Crippen LogP contribution in [0, 0.1) is 5.92 Å². The Labute approximate surface area is 185 Å². The quantitative estimate of drug-likeness (QED) is 0.477. The van der Waals surface area contributed by atoms with E-state index in [0.717, 1.165) is 48.4 Å².